The van der Waals surface area contributed by atoms with Crippen molar-refractivity contribution in [1.29, 1.82) is 0 Å². The van der Waals surface area contributed by atoms with Gasteiger partial charge in [-0.3, -0.25) is 4.79 Å². The van der Waals surface area contributed by atoms with Crippen LogP contribution in [0.15, 0.2) is 23.4 Å². The predicted octanol–water partition coefficient (Wildman–Crippen LogP) is 0.777. The van der Waals surface area contributed by atoms with Crippen LogP contribution in [-0.4, -0.2) is 48.7 Å². The van der Waals surface area contributed by atoms with Gasteiger partial charge in [-0.15, -0.1) is 0 Å². The van der Waals surface area contributed by atoms with Gasteiger partial charge >= 0.3 is 5.97 Å². The highest BCUT2D eigenvalue weighted by atomic mass is 19.2. The number of carbonyl (C=O) groups is 2. The Morgan fingerprint density at radius 2 is 1.96 bits per heavy atom. The Balaban J connectivity index is 2.39. The van der Waals surface area contributed by atoms with Crippen molar-refractivity contribution in [2.45, 2.75) is 0 Å². The smallest absolute Gasteiger partial charge is 0.337 e. The van der Waals surface area contributed by atoms with Gasteiger partial charge < -0.3 is 20.1 Å². The number of aliphatic hydroxyl groups excluding tert-OH is 1. The third-order valence-corrected chi connectivity index (χ3v) is 3.22. The lowest BCUT2D eigenvalue weighted by Gasteiger charge is -2.15. The standard InChI is InChI=1S/C14H13F3N2O4/c1-23-14(22)7-6-19(2-3-20)13(21)12(7)18-11-5-9(16)8(15)4-10(11)17/h4-5,18,20H,2-3,6H2,1H3. The molecule has 0 aliphatic carbocycles. The number of nitrogens with one attached hydrogen (secondary N) is 1. The second-order valence-corrected chi connectivity index (χ2v) is 4.67. The fourth-order valence-electron chi connectivity index (χ4n) is 2.10. The largest absolute Gasteiger partial charge is 0.466 e. The molecule has 0 fully saturated rings. The molecule has 6 nitrogen and oxygen atoms in total. The number of nitrogens with zero attached hydrogens (tertiary/aromatic N) is 1. The van der Waals surface area contributed by atoms with E-state index in [2.05, 4.69) is 10.1 Å². The molecular formula is C14H13F3N2O4. The SMILES string of the molecule is COC(=O)C1=C(Nc2cc(F)c(F)cc2F)C(=O)N(CCO)C1. The maximum absolute atomic E-state index is 13.7. The third kappa shape index (κ3) is 3.29. The zero-order valence-electron chi connectivity index (χ0n) is 12.0. The van der Waals surface area contributed by atoms with Crippen LogP contribution in [0.1, 0.15) is 0 Å². The minimum absolute atomic E-state index is 0.0508. The molecule has 0 aromatic heterocycles. The average molecular weight is 330 g/mol. The van der Waals surface area contributed by atoms with Crippen molar-refractivity contribution in [1.82, 2.24) is 4.90 Å². The number of hydrogen-bond donors (Lipinski definition) is 2. The summed E-state index contributed by atoms with van der Waals surface area (Å²) >= 11 is 0. The Bertz CT molecular complexity index is 691. The van der Waals surface area contributed by atoms with Crippen molar-refractivity contribution in [3.05, 3.63) is 40.9 Å². The van der Waals surface area contributed by atoms with Crippen LogP contribution >= 0.6 is 0 Å². The van der Waals surface area contributed by atoms with Crippen molar-refractivity contribution in [2.24, 2.45) is 0 Å². The lowest BCUT2D eigenvalue weighted by atomic mass is 10.2. The Hall–Kier alpha value is -2.55. The summed E-state index contributed by atoms with van der Waals surface area (Å²) in [6.07, 6.45) is 0. The van der Waals surface area contributed by atoms with Crippen LogP contribution in [0.3, 0.4) is 0 Å². The number of methoxy groups -OCH3 is 1. The highest BCUT2D eigenvalue weighted by molar-refractivity contribution is 6.08. The van der Waals surface area contributed by atoms with E-state index in [0.29, 0.717) is 12.1 Å². The fourth-order valence-corrected chi connectivity index (χ4v) is 2.10. The quantitative estimate of drug-likeness (QED) is 0.616. The molecule has 9 heteroatoms. The molecule has 23 heavy (non-hydrogen) atoms. The van der Waals surface area contributed by atoms with Gasteiger partial charge in [-0.25, -0.2) is 18.0 Å². The molecule has 1 aliphatic heterocycles. The molecule has 2 rings (SSSR count). The van der Waals surface area contributed by atoms with Crippen LogP contribution in [0.25, 0.3) is 0 Å². The summed E-state index contributed by atoms with van der Waals surface area (Å²) in [6.45, 7) is -0.544. The molecule has 0 saturated carbocycles. The Morgan fingerprint density at radius 1 is 1.30 bits per heavy atom. The number of rotatable bonds is 5. The monoisotopic (exact) mass is 330 g/mol. The first-order valence-corrected chi connectivity index (χ1v) is 6.52. The van der Waals surface area contributed by atoms with Crippen LogP contribution in [0.2, 0.25) is 0 Å². The molecule has 0 spiro atoms. The minimum atomic E-state index is -1.38. The van der Waals surface area contributed by atoms with Gasteiger partial charge in [0.1, 0.15) is 11.5 Å². The molecule has 1 aromatic rings. The van der Waals surface area contributed by atoms with E-state index in [1.165, 1.54) is 0 Å². The number of aliphatic hydroxyl groups is 1. The number of halogens is 3. The Labute approximate surface area is 129 Å². The summed E-state index contributed by atoms with van der Waals surface area (Å²) in [5, 5.41) is 11.2. The van der Waals surface area contributed by atoms with E-state index in [4.69, 9.17) is 5.11 Å². The van der Waals surface area contributed by atoms with Gasteiger partial charge in [-0.05, 0) is 0 Å². The number of ether oxygens (including phenoxy) is 1. The molecule has 124 valence electrons. The van der Waals surface area contributed by atoms with Gasteiger partial charge in [0.2, 0.25) is 0 Å². The van der Waals surface area contributed by atoms with Crippen molar-refractivity contribution in [3.8, 4) is 0 Å². The molecule has 0 radical (unpaired) electrons. The highest BCUT2D eigenvalue weighted by Crippen LogP contribution is 2.25. The van der Waals surface area contributed by atoms with E-state index in [1.54, 1.807) is 0 Å². The molecule has 1 amide bonds. The van der Waals surface area contributed by atoms with E-state index in [-0.39, 0.29) is 31.0 Å². The molecule has 0 bridgehead atoms. The number of amides is 1. The van der Waals surface area contributed by atoms with Gasteiger partial charge in [-0.2, -0.15) is 0 Å². The zero-order chi connectivity index (χ0) is 17.1. The number of esters is 1. The number of hydrogen-bond acceptors (Lipinski definition) is 5. The van der Waals surface area contributed by atoms with E-state index < -0.39 is 35.0 Å². The molecule has 0 atom stereocenters. The van der Waals surface area contributed by atoms with Crippen LogP contribution in [0.4, 0.5) is 18.9 Å². The molecule has 0 saturated heterocycles. The average Bonchev–Trinajstić information content (AvgIpc) is 2.81. The second kappa shape index (κ2) is 6.69. The normalized spacial score (nSPS) is 14.5. The lowest BCUT2D eigenvalue weighted by Crippen LogP contribution is -2.31. The van der Waals surface area contributed by atoms with E-state index in [1.807, 2.05) is 0 Å². The van der Waals surface area contributed by atoms with Gasteiger partial charge in [0.05, 0.1) is 31.5 Å². The van der Waals surface area contributed by atoms with Crippen molar-refractivity contribution >= 4 is 17.6 Å². The number of carbonyl (C=O) groups excluding carboxylic acids is 2. The van der Waals surface area contributed by atoms with Crippen molar-refractivity contribution in [3.63, 3.8) is 0 Å². The Kier molecular flexibility index (Phi) is 4.89. The molecule has 1 aromatic carbocycles. The van der Waals surface area contributed by atoms with Crippen molar-refractivity contribution in [2.75, 3.05) is 32.1 Å². The number of β-amino-alcohol motifs (C(OH)–C–C–N with tert-alkyl or cyclic N) is 1. The first-order chi connectivity index (χ1) is 10.9. The Morgan fingerprint density at radius 3 is 2.57 bits per heavy atom. The highest BCUT2D eigenvalue weighted by Gasteiger charge is 2.34. The third-order valence-electron chi connectivity index (χ3n) is 3.22. The van der Waals surface area contributed by atoms with Crippen LogP contribution in [0, 0.1) is 17.5 Å². The fraction of sp³-hybridized carbons (Fsp3) is 0.286. The lowest BCUT2D eigenvalue weighted by molar-refractivity contribution is -0.136. The summed E-state index contributed by atoms with van der Waals surface area (Å²) in [7, 11) is 1.10. The summed E-state index contributed by atoms with van der Waals surface area (Å²) in [5.41, 5.74) is -0.912. The first kappa shape index (κ1) is 16.8. The van der Waals surface area contributed by atoms with Crippen LogP contribution < -0.4 is 5.32 Å². The summed E-state index contributed by atoms with van der Waals surface area (Å²) in [5.74, 6) is -5.34. The maximum atomic E-state index is 13.7. The van der Waals surface area contributed by atoms with Crippen LogP contribution in [0.5, 0.6) is 0 Å². The molecule has 0 unspecified atom stereocenters. The van der Waals surface area contributed by atoms with Gasteiger partial charge in [-0.1, -0.05) is 0 Å². The molecule has 2 N–H and O–H groups in total. The number of benzene rings is 1. The molecule has 1 heterocycles. The number of anilines is 1. The van der Waals surface area contributed by atoms with E-state index in [0.717, 1.165) is 12.0 Å². The topological polar surface area (TPSA) is 78.9 Å². The summed E-state index contributed by atoms with van der Waals surface area (Å²) in [6, 6.07) is 0.857. The molecular weight excluding hydrogens is 317 g/mol. The first-order valence-electron chi connectivity index (χ1n) is 6.52. The van der Waals surface area contributed by atoms with Gasteiger partial charge in [0.15, 0.2) is 11.6 Å². The minimum Gasteiger partial charge on any atom is -0.466 e. The van der Waals surface area contributed by atoms with Crippen LogP contribution in [-0.2, 0) is 14.3 Å². The van der Waals surface area contributed by atoms with Crippen molar-refractivity contribution < 1.29 is 32.6 Å². The second-order valence-electron chi connectivity index (χ2n) is 4.67. The van der Waals surface area contributed by atoms with E-state index >= 15 is 0 Å². The van der Waals surface area contributed by atoms with Gasteiger partial charge in [0.25, 0.3) is 5.91 Å². The predicted molar refractivity (Wildman–Crippen MR) is 72.6 cm³/mol. The maximum Gasteiger partial charge on any atom is 0.337 e. The van der Waals surface area contributed by atoms with Gasteiger partial charge in [0, 0.05) is 18.7 Å². The molecule has 1 aliphatic rings. The summed E-state index contributed by atoms with van der Waals surface area (Å²) in [4.78, 5) is 25.0. The summed E-state index contributed by atoms with van der Waals surface area (Å²) < 4.78 is 44.4. The van der Waals surface area contributed by atoms with E-state index in [9.17, 15) is 22.8 Å². The zero-order valence-corrected chi connectivity index (χ0v) is 12.0.